The molecule has 5 nitrogen and oxygen atoms in total. The molecule has 0 saturated carbocycles. The van der Waals surface area contributed by atoms with E-state index in [-0.39, 0.29) is 6.03 Å². The molecule has 0 heterocycles. The number of nitrogens with zero attached hydrogens (tertiary/aromatic N) is 2. The fourth-order valence-corrected chi connectivity index (χ4v) is 4.08. The molecule has 0 aliphatic heterocycles. The van der Waals surface area contributed by atoms with Gasteiger partial charge in [-0.25, -0.2) is 4.79 Å². The van der Waals surface area contributed by atoms with E-state index in [4.69, 9.17) is 0 Å². The van der Waals surface area contributed by atoms with Crippen molar-refractivity contribution in [3.8, 4) is 11.1 Å². The van der Waals surface area contributed by atoms with E-state index < -0.39 is 0 Å². The summed E-state index contributed by atoms with van der Waals surface area (Å²) >= 11 is 0. The second kappa shape index (κ2) is 14.4. The van der Waals surface area contributed by atoms with Gasteiger partial charge in [-0.1, -0.05) is 80.6 Å². The molecule has 3 aromatic rings. The molecule has 0 fully saturated rings. The Balaban J connectivity index is 1.66. The SMILES string of the molecule is CC(C)CNCc1cccc(-c2cccc(CN(CCN(C)C)C(=O)NCCc3ccccc3)c2)c1. The van der Waals surface area contributed by atoms with Crippen molar-refractivity contribution in [2.45, 2.75) is 33.4 Å². The Labute approximate surface area is 217 Å². The maximum atomic E-state index is 13.1. The molecule has 0 radical (unpaired) electrons. The van der Waals surface area contributed by atoms with Crippen molar-refractivity contribution in [3.63, 3.8) is 0 Å². The number of rotatable bonds is 13. The Kier molecular flexibility index (Phi) is 11.0. The highest BCUT2D eigenvalue weighted by molar-refractivity contribution is 5.74. The van der Waals surface area contributed by atoms with Gasteiger partial charge in [-0.3, -0.25) is 0 Å². The molecule has 0 aliphatic rings. The first-order valence-corrected chi connectivity index (χ1v) is 13.0. The Bertz CT molecular complexity index is 1060. The van der Waals surface area contributed by atoms with Gasteiger partial charge >= 0.3 is 6.03 Å². The molecule has 0 aliphatic carbocycles. The zero-order valence-electron chi connectivity index (χ0n) is 22.3. The monoisotopic (exact) mass is 486 g/mol. The Morgan fingerprint density at radius 3 is 2.11 bits per heavy atom. The first-order valence-electron chi connectivity index (χ1n) is 13.0. The van der Waals surface area contributed by atoms with Crippen LogP contribution in [0.25, 0.3) is 11.1 Å². The standard InChI is InChI=1S/C31H42N4O/c1-25(2)22-32-23-27-12-8-14-29(20-27)30-15-9-13-28(21-30)24-35(19-18-34(3)4)31(36)33-17-16-26-10-6-5-7-11-26/h5-15,20-21,25,32H,16-19,22-24H2,1-4H3,(H,33,36). The van der Waals surface area contributed by atoms with Gasteiger partial charge in [0.1, 0.15) is 0 Å². The van der Waals surface area contributed by atoms with Crippen LogP contribution in [0.2, 0.25) is 0 Å². The van der Waals surface area contributed by atoms with Crippen LogP contribution in [0.15, 0.2) is 78.9 Å². The topological polar surface area (TPSA) is 47.6 Å². The number of carbonyl (C=O) groups is 1. The molecular formula is C31H42N4O. The summed E-state index contributed by atoms with van der Waals surface area (Å²) in [6.07, 6.45) is 0.825. The highest BCUT2D eigenvalue weighted by atomic mass is 16.2. The number of carbonyl (C=O) groups excluding carboxylic acids is 1. The normalized spacial score (nSPS) is 11.2. The second-order valence-electron chi connectivity index (χ2n) is 10.1. The van der Waals surface area contributed by atoms with E-state index in [1.807, 2.05) is 37.2 Å². The van der Waals surface area contributed by atoms with Crippen molar-refractivity contribution in [3.05, 3.63) is 95.6 Å². The van der Waals surface area contributed by atoms with Crippen LogP contribution >= 0.6 is 0 Å². The smallest absolute Gasteiger partial charge is 0.317 e. The van der Waals surface area contributed by atoms with Gasteiger partial charge in [0.2, 0.25) is 0 Å². The van der Waals surface area contributed by atoms with Crippen LogP contribution in [0.1, 0.15) is 30.5 Å². The molecule has 3 rings (SSSR count). The molecule has 0 spiro atoms. The summed E-state index contributed by atoms with van der Waals surface area (Å²) in [4.78, 5) is 17.1. The second-order valence-corrected chi connectivity index (χ2v) is 10.1. The number of benzene rings is 3. The van der Waals surface area contributed by atoms with Gasteiger partial charge in [-0.15, -0.1) is 0 Å². The van der Waals surface area contributed by atoms with Crippen molar-refractivity contribution in [2.24, 2.45) is 5.92 Å². The highest BCUT2D eigenvalue weighted by Gasteiger charge is 2.14. The Hall–Kier alpha value is -3.15. The lowest BCUT2D eigenvalue weighted by atomic mass is 10.0. The third kappa shape index (κ3) is 9.48. The zero-order valence-corrected chi connectivity index (χ0v) is 22.3. The van der Waals surface area contributed by atoms with E-state index in [2.05, 4.69) is 90.0 Å². The number of hydrogen-bond acceptors (Lipinski definition) is 3. The van der Waals surface area contributed by atoms with Crippen molar-refractivity contribution in [1.29, 1.82) is 0 Å². The lowest BCUT2D eigenvalue weighted by Gasteiger charge is -2.25. The summed E-state index contributed by atoms with van der Waals surface area (Å²) in [6, 6.07) is 27.5. The van der Waals surface area contributed by atoms with Gasteiger partial charge in [0, 0.05) is 32.7 Å². The van der Waals surface area contributed by atoms with Crippen molar-refractivity contribution >= 4 is 6.03 Å². The lowest BCUT2D eigenvalue weighted by molar-refractivity contribution is 0.189. The first-order chi connectivity index (χ1) is 17.4. The number of likely N-dealkylation sites (N-methyl/N-ethyl adjacent to an activating group) is 1. The number of nitrogens with one attached hydrogen (secondary N) is 2. The molecule has 0 unspecified atom stereocenters. The molecule has 2 N–H and O–H groups in total. The quantitative estimate of drug-likeness (QED) is 0.339. The van der Waals surface area contributed by atoms with Crippen molar-refractivity contribution in [1.82, 2.24) is 20.4 Å². The number of hydrogen-bond donors (Lipinski definition) is 2. The summed E-state index contributed by atoms with van der Waals surface area (Å²) in [5.41, 5.74) is 6.02. The molecular weight excluding hydrogens is 444 g/mol. The van der Waals surface area contributed by atoms with Gasteiger partial charge in [0.25, 0.3) is 0 Å². The maximum Gasteiger partial charge on any atom is 0.317 e. The minimum absolute atomic E-state index is 0.0172. The van der Waals surface area contributed by atoms with E-state index in [0.29, 0.717) is 25.6 Å². The molecule has 0 atom stereocenters. The van der Waals surface area contributed by atoms with Crippen molar-refractivity contribution < 1.29 is 4.79 Å². The van der Waals surface area contributed by atoms with Crippen LogP contribution in [0.4, 0.5) is 4.79 Å². The van der Waals surface area contributed by atoms with Gasteiger partial charge < -0.3 is 20.4 Å². The molecule has 2 amide bonds. The minimum atomic E-state index is -0.0172. The van der Waals surface area contributed by atoms with E-state index >= 15 is 0 Å². The fourth-order valence-electron chi connectivity index (χ4n) is 4.08. The predicted octanol–water partition coefficient (Wildman–Crippen LogP) is 5.42. The zero-order chi connectivity index (χ0) is 25.8. The van der Waals surface area contributed by atoms with E-state index in [1.54, 1.807) is 0 Å². The van der Waals surface area contributed by atoms with Gasteiger partial charge in [0.15, 0.2) is 0 Å². The minimum Gasteiger partial charge on any atom is -0.338 e. The summed E-state index contributed by atoms with van der Waals surface area (Å²) in [5.74, 6) is 0.635. The van der Waals surface area contributed by atoms with Crippen LogP contribution in [0.3, 0.4) is 0 Å². The largest absolute Gasteiger partial charge is 0.338 e. The van der Waals surface area contributed by atoms with Gasteiger partial charge in [-0.05, 0) is 72.9 Å². The Morgan fingerprint density at radius 1 is 0.806 bits per heavy atom. The van der Waals surface area contributed by atoms with E-state index in [0.717, 1.165) is 31.6 Å². The average molecular weight is 487 g/mol. The van der Waals surface area contributed by atoms with Gasteiger partial charge in [-0.2, -0.15) is 0 Å². The summed E-state index contributed by atoms with van der Waals surface area (Å²) < 4.78 is 0. The third-order valence-electron chi connectivity index (χ3n) is 6.08. The molecule has 192 valence electrons. The third-order valence-corrected chi connectivity index (χ3v) is 6.08. The molecule has 0 saturated heterocycles. The van der Waals surface area contributed by atoms with E-state index in [1.165, 1.54) is 22.3 Å². The predicted molar refractivity (Wildman–Crippen MR) is 151 cm³/mol. The summed E-state index contributed by atoms with van der Waals surface area (Å²) in [5, 5.41) is 6.64. The summed E-state index contributed by atoms with van der Waals surface area (Å²) in [6.45, 7) is 9.01. The fraction of sp³-hybridized carbons (Fsp3) is 0.387. The Morgan fingerprint density at radius 2 is 1.44 bits per heavy atom. The van der Waals surface area contributed by atoms with Crippen molar-refractivity contribution in [2.75, 3.05) is 40.3 Å². The van der Waals surface area contributed by atoms with Gasteiger partial charge in [0.05, 0.1) is 0 Å². The van der Waals surface area contributed by atoms with Crippen LogP contribution in [-0.2, 0) is 19.5 Å². The van der Waals surface area contributed by atoms with Crippen LogP contribution in [-0.4, -0.2) is 56.1 Å². The first kappa shape index (κ1) is 27.4. The molecule has 3 aromatic carbocycles. The molecule has 36 heavy (non-hydrogen) atoms. The molecule has 0 bridgehead atoms. The molecule has 5 heteroatoms. The average Bonchev–Trinajstić information content (AvgIpc) is 2.87. The number of urea groups is 1. The van der Waals surface area contributed by atoms with Crippen LogP contribution in [0.5, 0.6) is 0 Å². The molecule has 0 aromatic heterocycles. The highest BCUT2D eigenvalue weighted by Crippen LogP contribution is 2.22. The van der Waals surface area contributed by atoms with Crippen LogP contribution in [0, 0.1) is 5.92 Å². The summed E-state index contributed by atoms with van der Waals surface area (Å²) in [7, 11) is 4.07. The van der Waals surface area contributed by atoms with Crippen LogP contribution < -0.4 is 10.6 Å². The lowest BCUT2D eigenvalue weighted by Crippen LogP contribution is -2.43. The number of amides is 2. The maximum absolute atomic E-state index is 13.1. The van der Waals surface area contributed by atoms with E-state index in [9.17, 15) is 4.79 Å².